The Bertz CT molecular complexity index is 611. The number of aromatic nitrogens is 1. The Morgan fingerprint density at radius 1 is 1.35 bits per heavy atom. The molecule has 1 aromatic heterocycles. The van der Waals surface area contributed by atoms with Gasteiger partial charge in [0.15, 0.2) is 6.29 Å². The molecular formula is C14H16N2O4. The SMILES string of the molecule is Nc1cccc2c(OCC(CO)CO)cc(C=O)nc12. The maximum atomic E-state index is 10.9. The first kappa shape index (κ1) is 14.2. The Hall–Kier alpha value is -2.18. The van der Waals surface area contributed by atoms with Crippen molar-refractivity contribution in [3.8, 4) is 5.75 Å². The molecule has 0 atom stereocenters. The van der Waals surface area contributed by atoms with Gasteiger partial charge < -0.3 is 20.7 Å². The zero-order chi connectivity index (χ0) is 14.5. The number of hydrogen-bond donors (Lipinski definition) is 3. The van der Waals surface area contributed by atoms with Crippen molar-refractivity contribution in [2.24, 2.45) is 5.92 Å². The number of benzene rings is 1. The van der Waals surface area contributed by atoms with Gasteiger partial charge >= 0.3 is 0 Å². The highest BCUT2D eigenvalue weighted by Gasteiger charge is 2.12. The molecule has 0 amide bonds. The molecule has 0 saturated carbocycles. The van der Waals surface area contributed by atoms with Crippen LogP contribution in [0.5, 0.6) is 5.75 Å². The highest BCUT2D eigenvalue weighted by molar-refractivity contribution is 5.95. The second-order valence-electron chi connectivity index (χ2n) is 4.45. The largest absolute Gasteiger partial charge is 0.492 e. The van der Waals surface area contributed by atoms with Gasteiger partial charge in [0.2, 0.25) is 0 Å². The minimum atomic E-state index is -0.376. The number of nitrogens with two attached hydrogens (primary N) is 1. The first-order valence-electron chi connectivity index (χ1n) is 6.18. The van der Waals surface area contributed by atoms with E-state index in [4.69, 9.17) is 20.7 Å². The molecular weight excluding hydrogens is 260 g/mol. The summed E-state index contributed by atoms with van der Waals surface area (Å²) in [7, 11) is 0. The number of rotatable bonds is 6. The fourth-order valence-electron chi connectivity index (χ4n) is 1.81. The molecule has 2 aromatic rings. The quantitative estimate of drug-likeness (QED) is 0.527. The summed E-state index contributed by atoms with van der Waals surface area (Å²) >= 11 is 0. The third-order valence-electron chi connectivity index (χ3n) is 2.96. The van der Waals surface area contributed by atoms with Crippen LogP contribution in [0.25, 0.3) is 10.9 Å². The van der Waals surface area contributed by atoms with Crippen molar-refractivity contribution in [3.63, 3.8) is 0 Å². The zero-order valence-corrected chi connectivity index (χ0v) is 10.8. The van der Waals surface area contributed by atoms with Crippen LogP contribution in [0.1, 0.15) is 10.5 Å². The highest BCUT2D eigenvalue weighted by atomic mass is 16.5. The number of aliphatic hydroxyl groups is 2. The molecule has 20 heavy (non-hydrogen) atoms. The molecule has 0 aliphatic heterocycles. The van der Waals surface area contributed by atoms with Crippen LogP contribution in [0.2, 0.25) is 0 Å². The number of anilines is 1. The summed E-state index contributed by atoms with van der Waals surface area (Å²) in [5.74, 6) is 0.0789. The van der Waals surface area contributed by atoms with Crippen molar-refractivity contribution in [1.29, 1.82) is 0 Å². The van der Waals surface area contributed by atoms with Crippen molar-refractivity contribution in [1.82, 2.24) is 4.98 Å². The van der Waals surface area contributed by atoms with Crippen molar-refractivity contribution < 1.29 is 19.7 Å². The Balaban J connectivity index is 2.40. The van der Waals surface area contributed by atoms with Gasteiger partial charge in [-0.05, 0) is 12.1 Å². The number of nitrogen functional groups attached to an aromatic ring is 1. The summed E-state index contributed by atoms with van der Waals surface area (Å²) < 4.78 is 5.59. The molecule has 6 heteroatoms. The number of ether oxygens (including phenoxy) is 1. The van der Waals surface area contributed by atoms with E-state index >= 15 is 0 Å². The summed E-state index contributed by atoms with van der Waals surface area (Å²) in [5.41, 5.74) is 7.01. The number of carbonyl (C=O) groups excluding carboxylic acids is 1. The van der Waals surface area contributed by atoms with Crippen molar-refractivity contribution in [2.75, 3.05) is 25.6 Å². The van der Waals surface area contributed by atoms with Crippen molar-refractivity contribution in [2.45, 2.75) is 0 Å². The number of pyridine rings is 1. The summed E-state index contributed by atoms with van der Waals surface area (Å²) in [5, 5.41) is 18.8. The summed E-state index contributed by atoms with van der Waals surface area (Å²) in [4.78, 5) is 15.1. The Labute approximate surface area is 115 Å². The molecule has 4 N–H and O–H groups in total. The number of nitrogens with zero attached hydrogens (tertiary/aromatic N) is 1. The Morgan fingerprint density at radius 2 is 2.10 bits per heavy atom. The molecule has 0 bridgehead atoms. The smallest absolute Gasteiger partial charge is 0.168 e. The van der Waals surface area contributed by atoms with Gasteiger partial charge in [-0.15, -0.1) is 0 Å². The molecule has 0 aliphatic rings. The third-order valence-corrected chi connectivity index (χ3v) is 2.96. The molecule has 1 heterocycles. The molecule has 0 unspecified atom stereocenters. The zero-order valence-electron chi connectivity index (χ0n) is 10.8. The second-order valence-corrected chi connectivity index (χ2v) is 4.45. The lowest BCUT2D eigenvalue weighted by Gasteiger charge is -2.14. The number of aldehydes is 1. The number of aliphatic hydroxyl groups excluding tert-OH is 2. The van der Waals surface area contributed by atoms with Gasteiger partial charge in [0.25, 0.3) is 0 Å². The van der Waals surface area contributed by atoms with Gasteiger partial charge in [0, 0.05) is 17.4 Å². The molecule has 1 aromatic carbocycles. The van der Waals surface area contributed by atoms with Crippen LogP contribution in [0.4, 0.5) is 5.69 Å². The molecule has 106 valence electrons. The van der Waals surface area contributed by atoms with Crippen LogP contribution >= 0.6 is 0 Å². The lowest BCUT2D eigenvalue weighted by molar-refractivity contribution is 0.106. The lowest BCUT2D eigenvalue weighted by atomic mass is 10.1. The van der Waals surface area contributed by atoms with E-state index < -0.39 is 0 Å². The molecule has 0 spiro atoms. The first-order chi connectivity index (χ1) is 9.69. The van der Waals surface area contributed by atoms with Crippen LogP contribution in [0.15, 0.2) is 24.3 Å². The molecule has 0 radical (unpaired) electrons. The van der Waals surface area contributed by atoms with E-state index in [-0.39, 0.29) is 31.4 Å². The molecule has 2 rings (SSSR count). The highest BCUT2D eigenvalue weighted by Crippen LogP contribution is 2.28. The van der Waals surface area contributed by atoms with Gasteiger partial charge in [-0.1, -0.05) is 6.07 Å². The summed E-state index contributed by atoms with van der Waals surface area (Å²) in [6.07, 6.45) is 0.619. The minimum Gasteiger partial charge on any atom is -0.492 e. The van der Waals surface area contributed by atoms with Crippen LogP contribution in [0.3, 0.4) is 0 Å². The third kappa shape index (κ3) is 2.87. The van der Waals surface area contributed by atoms with Crippen molar-refractivity contribution in [3.05, 3.63) is 30.0 Å². The lowest BCUT2D eigenvalue weighted by Crippen LogP contribution is -2.19. The van der Waals surface area contributed by atoms with Gasteiger partial charge in [-0.3, -0.25) is 4.79 Å². The van der Waals surface area contributed by atoms with Gasteiger partial charge in [-0.25, -0.2) is 4.98 Å². The first-order valence-corrected chi connectivity index (χ1v) is 6.18. The second kappa shape index (κ2) is 6.31. The van der Waals surface area contributed by atoms with E-state index in [1.807, 2.05) is 0 Å². The average molecular weight is 276 g/mol. The minimum absolute atomic E-state index is 0.138. The number of fused-ring (bicyclic) bond motifs is 1. The standard InChI is InChI=1S/C14H16N2O4/c15-12-3-1-2-11-13(20-8-9(5-17)6-18)4-10(7-19)16-14(11)12/h1-4,7,9,17-18H,5-6,8,15H2. The fourth-order valence-corrected chi connectivity index (χ4v) is 1.81. The van der Waals surface area contributed by atoms with Crippen LogP contribution in [-0.2, 0) is 0 Å². The number of hydrogen-bond acceptors (Lipinski definition) is 6. The monoisotopic (exact) mass is 276 g/mol. The molecule has 0 saturated heterocycles. The average Bonchev–Trinajstić information content (AvgIpc) is 2.48. The summed E-state index contributed by atoms with van der Waals surface area (Å²) in [6, 6.07) is 6.76. The van der Waals surface area contributed by atoms with E-state index in [2.05, 4.69) is 4.98 Å². The maximum Gasteiger partial charge on any atom is 0.168 e. The summed E-state index contributed by atoms with van der Waals surface area (Å²) in [6.45, 7) is -0.219. The van der Waals surface area contributed by atoms with E-state index in [9.17, 15) is 4.79 Å². The predicted octanol–water partition coefficient (Wildman–Crippen LogP) is 0.609. The van der Waals surface area contributed by atoms with Gasteiger partial charge in [-0.2, -0.15) is 0 Å². The van der Waals surface area contributed by atoms with E-state index in [0.29, 0.717) is 28.6 Å². The van der Waals surface area contributed by atoms with Crippen LogP contribution in [-0.4, -0.2) is 41.3 Å². The predicted molar refractivity (Wildman–Crippen MR) is 74.7 cm³/mol. The Kier molecular flexibility index (Phi) is 4.49. The normalized spacial score (nSPS) is 10.9. The molecule has 6 nitrogen and oxygen atoms in total. The Morgan fingerprint density at radius 3 is 2.75 bits per heavy atom. The maximum absolute atomic E-state index is 10.9. The van der Waals surface area contributed by atoms with E-state index in [0.717, 1.165) is 0 Å². The number of para-hydroxylation sites is 1. The van der Waals surface area contributed by atoms with Crippen LogP contribution in [0, 0.1) is 5.92 Å². The van der Waals surface area contributed by atoms with Gasteiger partial charge in [0.05, 0.1) is 31.0 Å². The fraction of sp³-hybridized carbons (Fsp3) is 0.286. The number of carbonyl (C=O) groups is 1. The van der Waals surface area contributed by atoms with Gasteiger partial charge in [0.1, 0.15) is 11.4 Å². The topological polar surface area (TPSA) is 106 Å². The van der Waals surface area contributed by atoms with E-state index in [1.165, 1.54) is 6.07 Å². The van der Waals surface area contributed by atoms with Crippen molar-refractivity contribution >= 4 is 22.9 Å². The molecule has 0 fully saturated rings. The van der Waals surface area contributed by atoms with E-state index in [1.54, 1.807) is 18.2 Å². The molecule has 0 aliphatic carbocycles. The van der Waals surface area contributed by atoms with Crippen LogP contribution < -0.4 is 10.5 Å².